The van der Waals surface area contributed by atoms with Crippen molar-refractivity contribution >= 4 is 27.8 Å². The number of benzene rings is 1. The molecule has 1 atom stereocenters. The Morgan fingerprint density at radius 3 is 2.43 bits per heavy atom. The molecule has 1 aromatic rings. The first kappa shape index (κ1) is 17.4. The zero-order chi connectivity index (χ0) is 16.2. The summed E-state index contributed by atoms with van der Waals surface area (Å²) in [6, 6.07) is 1.59. The van der Waals surface area contributed by atoms with E-state index in [0.717, 1.165) is 6.07 Å². The van der Waals surface area contributed by atoms with Gasteiger partial charge < -0.3 is 10.4 Å². The molecule has 1 unspecified atom stereocenters. The maximum absolute atomic E-state index is 13.0. The fourth-order valence-corrected chi connectivity index (χ4v) is 1.94. The zero-order valence-electron chi connectivity index (χ0n) is 10.4. The SMILES string of the molecule is O=C(Cc1ccc(F)c(Br)c1)NC(CC(F)(F)F)C(=O)O. The number of halogens is 5. The van der Waals surface area contributed by atoms with Crippen LogP contribution in [0.1, 0.15) is 12.0 Å². The van der Waals surface area contributed by atoms with Gasteiger partial charge in [-0.25, -0.2) is 9.18 Å². The highest BCUT2D eigenvalue weighted by atomic mass is 79.9. The Kier molecular flexibility index (Phi) is 5.70. The summed E-state index contributed by atoms with van der Waals surface area (Å²) in [6.07, 6.45) is -6.74. The molecule has 0 aliphatic rings. The summed E-state index contributed by atoms with van der Waals surface area (Å²) in [5, 5.41) is 10.4. The van der Waals surface area contributed by atoms with Crippen LogP contribution in [0, 0.1) is 5.82 Å². The predicted molar refractivity (Wildman–Crippen MR) is 68.0 cm³/mol. The third-order valence-electron chi connectivity index (χ3n) is 2.42. The van der Waals surface area contributed by atoms with Gasteiger partial charge >= 0.3 is 12.1 Å². The van der Waals surface area contributed by atoms with Gasteiger partial charge in [0.15, 0.2) is 0 Å². The minimum absolute atomic E-state index is 0.0953. The van der Waals surface area contributed by atoms with Crippen LogP contribution in [0.25, 0.3) is 0 Å². The van der Waals surface area contributed by atoms with Gasteiger partial charge in [-0.15, -0.1) is 0 Å². The molecule has 0 saturated carbocycles. The van der Waals surface area contributed by atoms with Crippen LogP contribution in [-0.4, -0.2) is 29.2 Å². The van der Waals surface area contributed by atoms with Gasteiger partial charge in [0.05, 0.1) is 17.3 Å². The third kappa shape index (κ3) is 6.11. The van der Waals surface area contributed by atoms with Crippen molar-refractivity contribution in [2.45, 2.75) is 25.1 Å². The predicted octanol–water partition coefficient (Wildman–Crippen LogP) is 2.65. The van der Waals surface area contributed by atoms with E-state index >= 15 is 0 Å². The molecule has 116 valence electrons. The van der Waals surface area contributed by atoms with E-state index in [9.17, 15) is 27.2 Å². The topological polar surface area (TPSA) is 66.4 Å². The molecule has 0 radical (unpaired) electrons. The van der Waals surface area contributed by atoms with Crippen LogP contribution in [0.2, 0.25) is 0 Å². The van der Waals surface area contributed by atoms with E-state index in [1.54, 1.807) is 5.32 Å². The molecule has 0 aromatic heterocycles. The number of amides is 1. The molecule has 0 fully saturated rings. The van der Waals surface area contributed by atoms with E-state index in [-0.39, 0.29) is 10.9 Å². The van der Waals surface area contributed by atoms with Crippen LogP contribution >= 0.6 is 15.9 Å². The van der Waals surface area contributed by atoms with Crippen molar-refractivity contribution in [1.29, 1.82) is 0 Å². The molecular formula is C12H10BrF4NO3. The van der Waals surface area contributed by atoms with Crippen molar-refractivity contribution in [2.24, 2.45) is 0 Å². The number of carboxylic acid groups (broad SMARTS) is 1. The normalized spacial score (nSPS) is 12.8. The maximum atomic E-state index is 13.0. The summed E-state index contributed by atoms with van der Waals surface area (Å²) >= 11 is 2.90. The average Bonchev–Trinajstić information content (AvgIpc) is 2.31. The van der Waals surface area contributed by atoms with Gasteiger partial charge in [-0.3, -0.25) is 4.79 Å². The van der Waals surface area contributed by atoms with E-state index in [1.807, 2.05) is 0 Å². The molecule has 0 aliphatic carbocycles. The minimum Gasteiger partial charge on any atom is -0.480 e. The molecular weight excluding hydrogens is 362 g/mol. The van der Waals surface area contributed by atoms with Crippen molar-refractivity contribution in [3.8, 4) is 0 Å². The van der Waals surface area contributed by atoms with Crippen LogP contribution in [-0.2, 0) is 16.0 Å². The van der Waals surface area contributed by atoms with E-state index in [0.29, 0.717) is 5.56 Å². The first-order chi connectivity index (χ1) is 9.58. The number of alkyl halides is 3. The number of aliphatic carboxylic acids is 1. The number of carbonyl (C=O) groups is 2. The van der Waals surface area contributed by atoms with Crippen molar-refractivity contribution in [1.82, 2.24) is 5.32 Å². The average molecular weight is 372 g/mol. The van der Waals surface area contributed by atoms with E-state index < -0.39 is 36.3 Å². The van der Waals surface area contributed by atoms with Crippen LogP contribution in [0.15, 0.2) is 22.7 Å². The largest absolute Gasteiger partial charge is 0.480 e. The number of hydrogen-bond acceptors (Lipinski definition) is 2. The van der Waals surface area contributed by atoms with E-state index in [1.165, 1.54) is 12.1 Å². The molecule has 0 heterocycles. The lowest BCUT2D eigenvalue weighted by Gasteiger charge is -2.16. The highest BCUT2D eigenvalue weighted by molar-refractivity contribution is 9.10. The van der Waals surface area contributed by atoms with Crippen LogP contribution in [0.4, 0.5) is 17.6 Å². The molecule has 1 amide bonds. The lowest BCUT2D eigenvalue weighted by molar-refractivity contribution is -0.159. The number of carbonyl (C=O) groups excluding carboxylic acids is 1. The maximum Gasteiger partial charge on any atom is 0.391 e. The van der Waals surface area contributed by atoms with E-state index in [4.69, 9.17) is 5.11 Å². The van der Waals surface area contributed by atoms with Crippen LogP contribution in [0.5, 0.6) is 0 Å². The van der Waals surface area contributed by atoms with E-state index in [2.05, 4.69) is 15.9 Å². The summed E-state index contributed by atoms with van der Waals surface area (Å²) in [7, 11) is 0. The lowest BCUT2D eigenvalue weighted by Crippen LogP contribution is -2.44. The molecule has 1 rings (SSSR count). The standard InChI is InChI=1S/C12H10BrF4NO3/c13-7-3-6(1-2-8(7)14)4-10(19)18-9(11(20)21)5-12(15,16)17/h1-3,9H,4-5H2,(H,18,19)(H,20,21). The van der Waals surface area contributed by atoms with Gasteiger partial charge in [0.25, 0.3) is 0 Å². The van der Waals surface area contributed by atoms with Gasteiger partial charge in [-0.05, 0) is 33.6 Å². The summed E-state index contributed by atoms with van der Waals surface area (Å²) < 4.78 is 49.6. The fraction of sp³-hybridized carbons (Fsp3) is 0.333. The Hall–Kier alpha value is -1.64. The number of rotatable bonds is 5. The van der Waals surface area contributed by atoms with Crippen LogP contribution < -0.4 is 5.32 Å². The Morgan fingerprint density at radius 1 is 1.33 bits per heavy atom. The molecule has 0 spiro atoms. The Bertz CT molecular complexity index is 548. The smallest absolute Gasteiger partial charge is 0.391 e. The second kappa shape index (κ2) is 6.88. The second-order valence-electron chi connectivity index (χ2n) is 4.20. The quantitative estimate of drug-likeness (QED) is 0.782. The highest BCUT2D eigenvalue weighted by Crippen LogP contribution is 2.22. The Balaban J connectivity index is 2.69. The third-order valence-corrected chi connectivity index (χ3v) is 3.03. The van der Waals surface area contributed by atoms with Gasteiger partial charge in [0.1, 0.15) is 11.9 Å². The van der Waals surface area contributed by atoms with Crippen molar-refractivity contribution in [3.63, 3.8) is 0 Å². The molecule has 9 heteroatoms. The van der Waals surface area contributed by atoms with Gasteiger partial charge in [0, 0.05) is 0 Å². The molecule has 21 heavy (non-hydrogen) atoms. The van der Waals surface area contributed by atoms with Crippen molar-refractivity contribution in [2.75, 3.05) is 0 Å². The summed E-state index contributed by atoms with van der Waals surface area (Å²) in [6.45, 7) is 0. The van der Waals surface area contributed by atoms with Gasteiger partial charge in [-0.1, -0.05) is 6.07 Å². The van der Waals surface area contributed by atoms with Crippen molar-refractivity contribution < 1.29 is 32.3 Å². The molecule has 2 N–H and O–H groups in total. The second-order valence-corrected chi connectivity index (χ2v) is 5.06. The molecule has 0 bridgehead atoms. The number of nitrogens with one attached hydrogen (secondary N) is 1. The first-order valence-electron chi connectivity index (χ1n) is 5.61. The number of carboxylic acids is 1. The van der Waals surface area contributed by atoms with Gasteiger partial charge in [0.2, 0.25) is 5.91 Å². The summed E-state index contributed by atoms with van der Waals surface area (Å²) in [5.41, 5.74) is 0.330. The molecule has 0 aliphatic heterocycles. The Morgan fingerprint density at radius 2 is 1.95 bits per heavy atom. The van der Waals surface area contributed by atoms with Crippen LogP contribution in [0.3, 0.4) is 0 Å². The lowest BCUT2D eigenvalue weighted by atomic mass is 10.1. The molecule has 4 nitrogen and oxygen atoms in total. The fourth-order valence-electron chi connectivity index (χ4n) is 1.51. The van der Waals surface area contributed by atoms with Crippen molar-refractivity contribution in [3.05, 3.63) is 34.1 Å². The van der Waals surface area contributed by atoms with Gasteiger partial charge in [-0.2, -0.15) is 13.2 Å². The monoisotopic (exact) mass is 371 g/mol. The molecule has 0 saturated heterocycles. The number of hydrogen-bond donors (Lipinski definition) is 2. The minimum atomic E-state index is -4.71. The highest BCUT2D eigenvalue weighted by Gasteiger charge is 2.36. The Labute approximate surface area is 125 Å². The zero-order valence-corrected chi connectivity index (χ0v) is 12.0. The molecule has 1 aromatic carbocycles. The first-order valence-corrected chi connectivity index (χ1v) is 6.40. The summed E-state index contributed by atoms with van der Waals surface area (Å²) in [4.78, 5) is 22.3. The summed E-state index contributed by atoms with van der Waals surface area (Å²) in [5.74, 6) is -3.23.